The number of fused-ring (bicyclic) bond motifs is 5. The zero-order valence-electron chi connectivity index (χ0n) is 23.5. The number of aliphatic hydroxyl groups is 2. The van der Waals surface area contributed by atoms with Crippen molar-refractivity contribution in [1.29, 1.82) is 0 Å². The molecule has 0 radical (unpaired) electrons. The summed E-state index contributed by atoms with van der Waals surface area (Å²) in [6.45, 7) is 11.9. The molecule has 0 aromatic carbocycles. The van der Waals surface area contributed by atoms with Crippen molar-refractivity contribution in [3.8, 4) is 0 Å². The molecule has 0 aromatic heterocycles. The van der Waals surface area contributed by atoms with Gasteiger partial charge in [-0.25, -0.2) is 0 Å². The third-order valence-corrected chi connectivity index (χ3v) is 12.4. The summed E-state index contributed by atoms with van der Waals surface area (Å²) in [6.07, 6.45) is 16.4. The van der Waals surface area contributed by atoms with E-state index in [0.717, 1.165) is 23.6 Å². The van der Waals surface area contributed by atoms with E-state index >= 15 is 0 Å². The van der Waals surface area contributed by atoms with E-state index in [0.29, 0.717) is 29.3 Å². The monoisotopic (exact) mass is 566 g/mol. The van der Waals surface area contributed by atoms with Crippen LogP contribution in [-0.2, 0) is 0 Å². The quantitative estimate of drug-likeness (QED) is 0.397. The summed E-state index contributed by atoms with van der Waals surface area (Å²) in [5.74, 6) is 2.97. The maximum atomic E-state index is 11.6. The number of halogens is 1. The number of alkyl halides is 1. The first-order valence-corrected chi connectivity index (χ1v) is 16.9. The van der Waals surface area contributed by atoms with Gasteiger partial charge in [-0.3, -0.25) is 9.80 Å². The third kappa shape index (κ3) is 4.88. The molecule has 2 aliphatic heterocycles. The van der Waals surface area contributed by atoms with Gasteiger partial charge in [-0.2, -0.15) is 0 Å². The van der Waals surface area contributed by atoms with Crippen LogP contribution in [0.4, 0.5) is 0 Å². The number of rotatable bonds is 2. The van der Waals surface area contributed by atoms with E-state index < -0.39 is 0 Å². The fraction of sp³-hybridized carbons (Fsp3) is 1.00. The highest BCUT2D eigenvalue weighted by Gasteiger charge is 2.63. The topological polar surface area (TPSA) is 46.9 Å². The predicted octanol–water partition coefficient (Wildman–Crippen LogP) is 6.08. The number of nitrogens with zero attached hydrogens (tertiary/aromatic N) is 2. The van der Waals surface area contributed by atoms with Gasteiger partial charge in [0.1, 0.15) is 0 Å². The molecule has 4 saturated carbocycles. The molecule has 10 atom stereocenters. The number of aliphatic hydroxyl groups excluding tert-OH is 2. The van der Waals surface area contributed by atoms with Crippen LogP contribution in [0.1, 0.15) is 104 Å². The van der Waals surface area contributed by atoms with Crippen molar-refractivity contribution in [1.82, 2.24) is 9.80 Å². The van der Waals surface area contributed by atoms with Gasteiger partial charge in [-0.05, 0) is 131 Å². The maximum Gasteiger partial charge on any atom is 0.0751 e. The van der Waals surface area contributed by atoms with Gasteiger partial charge in [0.05, 0.1) is 12.2 Å². The lowest BCUT2D eigenvalue weighted by Gasteiger charge is -2.62. The van der Waals surface area contributed by atoms with Crippen molar-refractivity contribution in [3.63, 3.8) is 0 Å². The largest absolute Gasteiger partial charge is 0.391 e. The third-order valence-electron chi connectivity index (χ3n) is 12.4. The average molecular weight is 568 g/mol. The molecule has 0 spiro atoms. The van der Waals surface area contributed by atoms with Crippen molar-refractivity contribution < 1.29 is 10.2 Å². The molecule has 0 unspecified atom stereocenters. The maximum absolute atomic E-state index is 11.6. The first-order chi connectivity index (χ1) is 17.3. The Kier molecular flexibility index (Phi) is 8.85. The predicted molar refractivity (Wildman–Crippen MR) is 152 cm³/mol. The number of likely N-dealkylation sites (tertiary alicyclic amines) is 2. The van der Waals surface area contributed by atoms with Gasteiger partial charge in [-0.15, -0.1) is 0 Å². The minimum absolute atomic E-state index is 0.118. The van der Waals surface area contributed by atoms with Crippen LogP contribution < -0.4 is 0 Å². The summed E-state index contributed by atoms with van der Waals surface area (Å²) in [5.41, 5.74) is 0.493. The first-order valence-electron chi connectivity index (χ1n) is 15.7. The van der Waals surface area contributed by atoms with Gasteiger partial charge in [0.25, 0.3) is 0 Å². The van der Waals surface area contributed by atoms with Gasteiger partial charge in [0.2, 0.25) is 0 Å². The van der Waals surface area contributed by atoms with Crippen LogP contribution in [0.2, 0.25) is 0 Å². The van der Waals surface area contributed by atoms with Crippen molar-refractivity contribution in [2.24, 2.45) is 34.5 Å². The Balaban J connectivity index is 0.000000848. The lowest BCUT2D eigenvalue weighted by Crippen LogP contribution is -2.60. The van der Waals surface area contributed by atoms with Gasteiger partial charge in [0, 0.05) is 17.4 Å². The van der Waals surface area contributed by atoms with E-state index in [2.05, 4.69) is 39.6 Å². The summed E-state index contributed by atoms with van der Waals surface area (Å²) >= 11 is 3.15. The Morgan fingerprint density at radius 2 is 1.33 bits per heavy atom. The molecule has 0 amide bonds. The lowest BCUT2D eigenvalue weighted by molar-refractivity contribution is -0.154. The summed E-state index contributed by atoms with van der Waals surface area (Å²) in [5, 5.41) is 23.9. The van der Waals surface area contributed by atoms with E-state index in [9.17, 15) is 10.2 Å². The van der Waals surface area contributed by atoms with Crippen LogP contribution in [0.25, 0.3) is 0 Å². The second-order valence-electron chi connectivity index (χ2n) is 14.0. The molecular weight excluding hydrogens is 512 g/mol. The summed E-state index contributed by atoms with van der Waals surface area (Å²) in [7, 11) is 0. The highest BCUT2D eigenvalue weighted by Crippen LogP contribution is 2.66. The van der Waals surface area contributed by atoms with E-state index in [1.165, 1.54) is 103 Å². The van der Waals surface area contributed by atoms with Crippen molar-refractivity contribution >= 4 is 15.9 Å². The van der Waals surface area contributed by atoms with Crippen LogP contribution in [-0.4, -0.2) is 75.8 Å². The Bertz CT molecular complexity index is 725. The second kappa shape index (κ2) is 11.4. The lowest BCUT2D eigenvalue weighted by atomic mass is 9.44. The molecule has 0 bridgehead atoms. The Morgan fingerprint density at radius 1 is 0.750 bits per heavy atom. The molecule has 2 N–H and O–H groups in total. The molecule has 2 saturated heterocycles. The zero-order chi connectivity index (χ0) is 25.5. The SMILES string of the molecule is CCBr.C[C@]12C[C@H](N3CCCCC3)[C@@H](O)C[C@@H]1CC[C@@H]1[C@@H]2CC[C@]2(C)[C@@H](O)[C@@H](N3CCCCC3)C[C@@H]12. The first kappa shape index (κ1) is 27.9. The molecule has 4 aliphatic carbocycles. The van der Waals surface area contributed by atoms with Gasteiger partial charge >= 0.3 is 0 Å². The van der Waals surface area contributed by atoms with Crippen LogP contribution >= 0.6 is 15.9 Å². The fourth-order valence-corrected chi connectivity index (χ4v) is 10.5. The highest BCUT2D eigenvalue weighted by molar-refractivity contribution is 9.09. The van der Waals surface area contributed by atoms with E-state index in [1.54, 1.807) is 0 Å². The minimum Gasteiger partial charge on any atom is -0.391 e. The normalized spacial score (nSPS) is 49.8. The molecule has 2 heterocycles. The van der Waals surface area contributed by atoms with E-state index in [1.807, 2.05) is 6.92 Å². The summed E-state index contributed by atoms with van der Waals surface area (Å²) in [4.78, 5) is 5.33. The molecule has 5 heteroatoms. The Labute approximate surface area is 230 Å². The minimum atomic E-state index is -0.138. The Hall–Kier alpha value is 0.320. The zero-order valence-corrected chi connectivity index (χ0v) is 25.1. The van der Waals surface area contributed by atoms with Gasteiger partial charge < -0.3 is 10.2 Å². The number of hydrogen-bond acceptors (Lipinski definition) is 4. The van der Waals surface area contributed by atoms with Gasteiger partial charge in [0.15, 0.2) is 0 Å². The second-order valence-corrected chi connectivity index (χ2v) is 15.1. The van der Waals surface area contributed by atoms with Gasteiger partial charge in [-0.1, -0.05) is 49.5 Å². The fourth-order valence-electron chi connectivity index (χ4n) is 10.5. The van der Waals surface area contributed by atoms with Crippen molar-refractivity contribution in [2.45, 2.75) is 129 Å². The molecular formula is C31H55BrN2O2. The van der Waals surface area contributed by atoms with Crippen LogP contribution in [0, 0.1) is 34.5 Å². The smallest absolute Gasteiger partial charge is 0.0751 e. The number of piperidine rings is 2. The summed E-state index contributed by atoms with van der Waals surface area (Å²) < 4.78 is 0. The molecule has 208 valence electrons. The van der Waals surface area contributed by atoms with Crippen molar-refractivity contribution in [2.75, 3.05) is 31.5 Å². The van der Waals surface area contributed by atoms with Crippen LogP contribution in [0.15, 0.2) is 0 Å². The van der Waals surface area contributed by atoms with Crippen LogP contribution in [0.3, 0.4) is 0 Å². The van der Waals surface area contributed by atoms with Crippen molar-refractivity contribution in [3.05, 3.63) is 0 Å². The molecule has 6 aliphatic rings. The summed E-state index contributed by atoms with van der Waals surface area (Å²) in [6, 6.07) is 0.785. The van der Waals surface area contributed by atoms with E-state index in [4.69, 9.17) is 0 Å². The standard InChI is InChI=1S/C29H50N2O2.C2H5Br/c1-28-12-11-22-21(23(28)18-24(27(28)33)30-13-5-3-6-14-30)10-9-20-17-26(32)25(19-29(20,22)2)31-15-7-4-8-16-31;1-2-3/h20-27,32-33H,3-19H2,1-2H3;2H2,1H3/t20-,21+,22-,23-,24-,25-,26-,27-,28-,29-;/m0./s1. The average Bonchev–Trinajstić information content (AvgIpc) is 3.16. The number of hydrogen-bond donors (Lipinski definition) is 2. The van der Waals surface area contributed by atoms with Crippen LogP contribution in [0.5, 0.6) is 0 Å². The molecule has 6 rings (SSSR count). The highest BCUT2D eigenvalue weighted by atomic mass is 79.9. The molecule has 36 heavy (non-hydrogen) atoms. The molecule has 4 nitrogen and oxygen atoms in total. The molecule has 6 fully saturated rings. The molecule has 0 aromatic rings. The van der Waals surface area contributed by atoms with E-state index in [-0.39, 0.29) is 17.6 Å². The Morgan fingerprint density at radius 3 is 1.94 bits per heavy atom.